The zero-order valence-electron chi connectivity index (χ0n) is 9.05. The van der Waals surface area contributed by atoms with Gasteiger partial charge in [0.1, 0.15) is 12.4 Å². The second kappa shape index (κ2) is 4.76. The number of nitrogens with zero attached hydrogens (tertiary/aromatic N) is 2. The molecule has 0 aliphatic rings. The Morgan fingerprint density at radius 2 is 2.20 bits per heavy atom. The van der Waals surface area contributed by atoms with Crippen LogP contribution in [0.3, 0.4) is 0 Å². The van der Waals surface area contributed by atoms with E-state index in [1.807, 2.05) is 23.9 Å². The van der Waals surface area contributed by atoms with Crippen LogP contribution in [0.2, 0.25) is 0 Å². The molecule has 0 atom stereocenters. The molecule has 86 valence electrons. The summed E-state index contributed by atoms with van der Waals surface area (Å²) >= 11 is 0. The predicted octanol–water partition coefficient (Wildman–Crippen LogP) is 0.382. The lowest BCUT2D eigenvalue weighted by Gasteiger charge is -1.99. The Morgan fingerprint density at radius 3 is 2.67 bits per heavy atom. The molecule has 1 aromatic heterocycles. The van der Waals surface area contributed by atoms with Crippen LogP contribution in [0.5, 0.6) is 0 Å². The second-order valence-corrected chi connectivity index (χ2v) is 5.04. The van der Waals surface area contributed by atoms with E-state index in [1.54, 1.807) is 0 Å². The normalized spacial score (nSPS) is 11.9. The van der Waals surface area contributed by atoms with E-state index in [2.05, 4.69) is 11.5 Å². The molecule has 15 heavy (non-hydrogen) atoms. The van der Waals surface area contributed by atoms with Crippen LogP contribution in [0.1, 0.15) is 19.2 Å². The van der Waals surface area contributed by atoms with Crippen molar-refractivity contribution in [3.8, 4) is 0 Å². The van der Waals surface area contributed by atoms with Crippen LogP contribution in [0.4, 0.5) is 0 Å². The molecule has 0 aliphatic heterocycles. The summed E-state index contributed by atoms with van der Waals surface area (Å²) in [6.45, 7) is 5.54. The van der Waals surface area contributed by atoms with Gasteiger partial charge in [0.15, 0.2) is 0 Å². The molecule has 0 saturated heterocycles. The van der Waals surface area contributed by atoms with Gasteiger partial charge >= 0.3 is 0 Å². The lowest BCUT2D eigenvalue weighted by Crippen LogP contribution is -2.36. The first-order chi connectivity index (χ1) is 6.94. The topological polar surface area (TPSA) is 63.2 Å². The predicted molar refractivity (Wildman–Crippen MR) is 56.1 cm³/mol. The van der Waals surface area contributed by atoms with E-state index >= 15 is 0 Å². The Balaban J connectivity index is 2.55. The summed E-state index contributed by atoms with van der Waals surface area (Å²) in [4.78, 5) is 0. The lowest BCUT2D eigenvalue weighted by atomic mass is 10.4. The molecule has 0 unspecified atom stereocenters. The van der Waals surface area contributed by atoms with Crippen molar-refractivity contribution in [3.63, 3.8) is 0 Å². The molecule has 1 rings (SSSR count). The van der Waals surface area contributed by atoms with Gasteiger partial charge in [-0.1, -0.05) is 0 Å². The average molecular weight is 233 g/mol. The maximum atomic E-state index is 10.5. The molecular formula is C9H17N2O3S+. The number of imidazole rings is 1. The fourth-order valence-corrected chi connectivity index (χ4v) is 2.02. The molecule has 0 aromatic carbocycles. The van der Waals surface area contributed by atoms with Crippen LogP contribution in [-0.4, -0.2) is 23.3 Å². The molecule has 0 fully saturated rings. The first-order valence-electron chi connectivity index (χ1n) is 4.94. The number of hydrogen-bond donors (Lipinski definition) is 1. The summed E-state index contributed by atoms with van der Waals surface area (Å²) in [6.07, 6.45) is 4.31. The highest BCUT2D eigenvalue weighted by Gasteiger charge is 2.11. The van der Waals surface area contributed by atoms with Gasteiger partial charge in [-0.05, 0) is 6.92 Å². The van der Waals surface area contributed by atoms with Crippen molar-refractivity contribution in [1.82, 2.24) is 4.57 Å². The molecule has 1 heterocycles. The van der Waals surface area contributed by atoms with Gasteiger partial charge in [-0.3, -0.25) is 4.55 Å². The molecule has 0 aliphatic carbocycles. The van der Waals surface area contributed by atoms with Crippen molar-refractivity contribution in [3.05, 3.63) is 18.2 Å². The highest BCUT2D eigenvalue weighted by atomic mass is 32.2. The van der Waals surface area contributed by atoms with E-state index in [0.29, 0.717) is 13.0 Å². The molecule has 1 N–H and O–H groups in total. The van der Waals surface area contributed by atoms with Crippen LogP contribution in [-0.2, 0) is 23.2 Å². The fraction of sp³-hybridized carbons (Fsp3) is 0.667. The molecule has 1 aromatic rings. The van der Waals surface area contributed by atoms with Gasteiger partial charge in [0.2, 0.25) is 0 Å². The zero-order valence-corrected chi connectivity index (χ0v) is 9.87. The van der Waals surface area contributed by atoms with Gasteiger partial charge in [0.25, 0.3) is 15.9 Å². The van der Waals surface area contributed by atoms with E-state index < -0.39 is 10.1 Å². The van der Waals surface area contributed by atoms with Gasteiger partial charge in [-0.15, -0.1) is 0 Å². The fourth-order valence-electron chi connectivity index (χ4n) is 1.53. The number of aromatic nitrogens is 2. The largest absolute Gasteiger partial charge is 0.286 e. The number of aryl methyl sites for hydroxylation is 2. The minimum absolute atomic E-state index is 0.184. The van der Waals surface area contributed by atoms with Crippen molar-refractivity contribution in [2.45, 2.75) is 33.4 Å². The number of rotatable bonds is 5. The Hall–Kier alpha value is -0.880. The smallest absolute Gasteiger partial charge is 0.265 e. The standard InChI is InChI=1S/C9H16N2O3S/c1-3-10-6-7-11(9(10)2)5-4-8-15(12,13)14/h6-7H,3-5,8H2,1-2H3/p+1. The van der Waals surface area contributed by atoms with Crippen LogP contribution in [0.25, 0.3) is 0 Å². The van der Waals surface area contributed by atoms with Crippen molar-refractivity contribution in [2.24, 2.45) is 0 Å². The molecular weight excluding hydrogens is 216 g/mol. The Bertz CT molecular complexity index is 423. The van der Waals surface area contributed by atoms with Gasteiger partial charge in [0.05, 0.1) is 18.8 Å². The van der Waals surface area contributed by atoms with Crippen molar-refractivity contribution in [1.29, 1.82) is 0 Å². The van der Waals surface area contributed by atoms with Gasteiger partial charge in [-0.25, -0.2) is 9.13 Å². The summed E-state index contributed by atoms with van der Waals surface area (Å²) in [6, 6.07) is 0. The summed E-state index contributed by atoms with van der Waals surface area (Å²) in [5.41, 5.74) is 0. The van der Waals surface area contributed by atoms with E-state index in [1.165, 1.54) is 0 Å². The first kappa shape index (κ1) is 12.2. The van der Waals surface area contributed by atoms with Crippen LogP contribution in [0, 0.1) is 6.92 Å². The molecule has 0 radical (unpaired) electrons. The lowest BCUT2D eigenvalue weighted by molar-refractivity contribution is -0.702. The highest BCUT2D eigenvalue weighted by molar-refractivity contribution is 7.85. The quantitative estimate of drug-likeness (QED) is 0.591. The first-order valence-corrected chi connectivity index (χ1v) is 6.55. The van der Waals surface area contributed by atoms with E-state index in [9.17, 15) is 8.42 Å². The molecule has 0 spiro atoms. The van der Waals surface area contributed by atoms with Crippen molar-refractivity contribution < 1.29 is 17.5 Å². The third kappa shape index (κ3) is 3.64. The van der Waals surface area contributed by atoms with Gasteiger partial charge in [0, 0.05) is 13.3 Å². The van der Waals surface area contributed by atoms with Crippen LogP contribution < -0.4 is 4.57 Å². The SMILES string of the molecule is CCn1cc[n+](CCCS(=O)(=O)O)c1C. The molecule has 0 amide bonds. The van der Waals surface area contributed by atoms with Crippen LogP contribution in [0.15, 0.2) is 12.4 Å². The van der Waals surface area contributed by atoms with E-state index in [0.717, 1.165) is 12.4 Å². The Kier molecular flexibility index (Phi) is 3.87. The minimum atomic E-state index is -3.83. The Morgan fingerprint density at radius 1 is 1.53 bits per heavy atom. The monoisotopic (exact) mass is 233 g/mol. The summed E-state index contributed by atoms with van der Waals surface area (Å²) < 4.78 is 33.6. The van der Waals surface area contributed by atoms with Gasteiger partial charge in [-0.2, -0.15) is 8.42 Å². The van der Waals surface area contributed by atoms with E-state index in [-0.39, 0.29) is 5.75 Å². The summed E-state index contributed by atoms with van der Waals surface area (Å²) in [7, 11) is -3.83. The van der Waals surface area contributed by atoms with Crippen molar-refractivity contribution in [2.75, 3.05) is 5.75 Å². The van der Waals surface area contributed by atoms with Crippen LogP contribution >= 0.6 is 0 Å². The molecule has 5 nitrogen and oxygen atoms in total. The average Bonchev–Trinajstić information content (AvgIpc) is 2.46. The third-order valence-corrected chi connectivity index (χ3v) is 3.20. The Labute approximate surface area is 90.1 Å². The minimum Gasteiger partial charge on any atom is -0.286 e. The molecule has 0 bridgehead atoms. The van der Waals surface area contributed by atoms with Gasteiger partial charge < -0.3 is 0 Å². The maximum absolute atomic E-state index is 10.5. The second-order valence-electron chi connectivity index (χ2n) is 3.46. The summed E-state index contributed by atoms with van der Waals surface area (Å²) in [5, 5.41) is 0. The number of hydrogen-bond acceptors (Lipinski definition) is 2. The van der Waals surface area contributed by atoms with Crippen molar-refractivity contribution >= 4 is 10.1 Å². The third-order valence-electron chi connectivity index (χ3n) is 2.40. The highest BCUT2D eigenvalue weighted by Crippen LogP contribution is 1.95. The summed E-state index contributed by atoms with van der Waals surface area (Å²) in [5.74, 6) is 0.907. The molecule has 0 saturated carbocycles. The zero-order chi connectivity index (χ0) is 11.5. The molecule has 6 heteroatoms. The maximum Gasteiger partial charge on any atom is 0.265 e. The van der Waals surface area contributed by atoms with E-state index in [4.69, 9.17) is 4.55 Å².